The Morgan fingerprint density at radius 2 is 2.06 bits per heavy atom. The van der Waals surface area contributed by atoms with Gasteiger partial charge in [0.15, 0.2) is 6.10 Å². The number of aliphatic hydroxyl groups is 1. The first-order valence-corrected chi connectivity index (χ1v) is 6.47. The standard InChI is InChI=1S/C14H19ClO3/c1-3-4-10-18-13(17)12(16)14(2,15)11-8-6-5-7-9-11/h5-9,12,16H,3-4,10H2,1-2H3/t12-,14+/m0/s1. The average molecular weight is 271 g/mol. The van der Waals surface area contributed by atoms with Gasteiger partial charge >= 0.3 is 5.97 Å². The van der Waals surface area contributed by atoms with Crippen molar-refractivity contribution in [1.29, 1.82) is 0 Å². The van der Waals surface area contributed by atoms with Crippen LogP contribution < -0.4 is 0 Å². The normalized spacial score (nSPS) is 15.8. The van der Waals surface area contributed by atoms with E-state index in [1.165, 1.54) is 0 Å². The third-order valence-electron chi connectivity index (χ3n) is 2.82. The van der Waals surface area contributed by atoms with Crippen molar-refractivity contribution in [2.75, 3.05) is 6.61 Å². The molecule has 0 aliphatic carbocycles. The highest BCUT2D eigenvalue weighted by atomic mass is 35.5. The minimum Gasteiger partial charge on any atom is -0.464 e. The largest absolute Gasteiger partial charge is 0.464 e. The highest BCUT2D eigenvalue weighted by molar-refractivity contribution is 6.25. The maximum Gasteiger partial charge on any atom is 0.337 e. The summed E-state index contributed by atoms with van der Waals surface area (Å²) in [6.45, 7) is 3.92. The van der Waals surface area contributed by atoms with Gasteiger partial charge in [-0.25, -0.2) is 4.79 Å². The van der Waals surface area contributed by atoms with Crippen molar-refractivity contribution >= 4 is 17.6 Å². The van der Waals surface area contributed by atoms with Crippen molar-refractivity contribution in [3.63, 3.8) is 0 Å². The Hall–Kier alpha value is -1.06. The van der Waals surface area contributed by atoms with E-state index in [-0.39, 0.29) is 0 Å². The van der Waals surface area contributed by atoms with Crippen LogP contribution in [-0.2, 0) is 14.4 Å². The highest BCUT2D eigenvalue weighted by Crippen LogP contribution is 2.32. The van der Waals surface area contributed by atoms with Crippen molar-refractivity contribution in [1.82, 2.24) is 0 Å². The van der Waals surface area contributed by atoms with E-state index in [2.05, 4.69) is 0 Å². The number of halogens is 1. The maximum absolute atomic E-state index is 11.7. The van der Waals surface area contributed by atoms with Gasteiger partial charge in [0.05, 0.1) is 6.61 Å². The number of carbonyl (C=O) groups excluding carboxylic acids is 1. The van der Waals surface area contributed by atoms with E-state index >= 15 is 0 Å². The molecule has 0 heterocycles. The van der Waals surface area contributed by atoms with Crippen LogP contribution in [-0.4, -0.2) is 23.8 Å². The number of aliphatic hydroxyl groups excluding tert-OH is 1. The topological polar surface area (TPSA) is 46.5 Å². The number of esters is 1. The lowest BCUT2D eigenvalue weighted by Gasteiger charge is -2.27. The van der Waals surface area contributed by atoms with Gasteiger partial charge in [0.1, 0.15) is 4.87 Å². The summed E-state index contributed by atoms with van der Waals surface area (Å²) in [6, 6.07) is 9.02. The fourth-order valence-corrected chi connectivity index (χ4v) is 1.75. The van der Waals surface area contributed by atoms with E-state index in [1.807, 2.05) is 25.1 Å². The molecule has 0 amide bonds. The van der Waals surface area contributed by atoms with Crippen molar-refractivity contribution in [2.24, 2.45) is 0 Å². The van der Waals surface area contributed by atoms with Crippen LogP contribution in [0.25, 0.3) is 0 Å². The van der Waals surface area contributed by atoms with Crippen molar-refractivity contribution in [3.05, 3.63) is 35.9 Å². The molecule has 0 bridgehead atoms. The third-order valence-corrected chi connectivity index (χ3v) is 3.24. The zero-order valence-electron chi connectivity index (χ0n) is 10.7. The number of unbranched alkanes of at least 4 members (excludes halogenated alkanes) is 1. The predicted molar refractivity (Wildman–Crippen MR) is 71.5 cm³/mol. The molecule has 0 aliphatic rings. The molecule has 0 radical (unpaired) electrons. The molecule has 2 atom stereocenters. The zero-order chi connectivity index (χ0) is 13.6. The molecule has 100 valence electrons. The van der Waals surface area contributed by atoms with E-state index in [9.17, 15) is 9.90 Å². The second kappa shape index (κ2) is 6.76. The summed E-state index contributed by atoms with van der Waals surface area (Å²) in [5.74, 6) is -0.676. The Balaban J connectivity index is 2.70. The van der Waals surface area contributed by atoms with Gasteiger partial charge in [-0.2, -0.15) is 0 Å². The van der Waals surface area contributed by atoms with Crippen LogP contribution in [0.15, 0.2) is 30.3 Å². The number of alkyl halides is 1. The van der Waals surface area contributed by atoms with Crippen LogP contribution in [0.2, 0.25) is 0 Å². The van der Waals surface area contributed by atoms with Crippen LogP contribution in [0.5, 0.6) is 0 Å². The van der Waals surface area contributed by atoms with Gasteiger partial charge < -0.3 is 9.84 Å². The van der Waals surface area contributed by atoms with Crippen LogP contribution in [0, 0.1) is 0 Å². The number of benzene rings is 1. The lowest BCUT2D eigenvalue weighted by Crippen LogP contribution is -2.39. The van der Waals surface area contributed by atoms with Gasteiger partial charge in [0.25, 0.3) is 0 Å². The Bertz CT molecular complexity index is 376. The summed E-state index contributed by atoms with van der Waals surface area (Å²) in [7, 11) is 0. The zero-order valence-corrected chi connectivity index (χ0v) is 11.5. The van der Waals surface area contributed by atoms with Crippen molar-refractivity contribution < 1.29 is 14.6 Å². The molecule has 0 aliphatic heterocycles. The Labute approximate surface area is 113 Å². The van der Waals surface area contributed by atoms with Crippen LogP contribution in [0.3, 0.4) is 0 Å². The van der Waals surface area contributed by atoms with Gasteiger partial charge in [0, 0.05) is 0 Å². The van der Waals surface area contributed by atoms with Gasteiger partial charge in [-0.05, 0) is 18.9 Å². The minimum atomic E-state index is -1.38. The summed E-state index contributed by atoms with van der Waals surface area (Å²) in [5, 5.41) is 9.99. The molecule has 0 saturated carbocycles. The molecule has 0 unspecified atom stereocenters. The summed E-state index contributed by atoms with van der Waals surface area (Å²) in [5.41, 5.74) is 0.687. The Kier molecular flexibility index (Phi) is 5.63. The molecule has 0 aromatic heterocycles. The molecule has 0 saturated heterocycles. The highest BCUT2D eigenvalue weighted by Gasteiger charge is 2.38. The van der Waals surface area contributed by atoms with Crippen molar-refractivity contribution in [2.45, 2.75) is 37.7 Å². The molecule has 1 N–H and O–H groups in total. The fourth-order valence-electron chi connectivity index (χ4n) is 1.54. The van der Waals surface area contributed by atoms with E-state index in [0.29, 0.717) is 12.2 Å². The molecule has 0 spiro atoms. The number of hydrogen-bond donors (Lipinski definition) is 1. The molecule has 18 heavy (non-hydrogen) atoms. The summed E-state index contributed by atoms with van der Waals surface area (Å²) < 4.78 is 4.98. The third kappa shape index (κ3) is 3.72. The van der Waals surface area contributed by atoms with Crippen molar-refractivity contribution in [3.8, 4) is 0 Å². The van der Waals surface area contributed by atoms with E-state index in [0.717, 1.165) is 12.8 Å². The molecule has 1 rings (SSSR count). The fraction of sp³-hybridized carbons (Fsp3) is 0.500. The molecule has 0 fully saturated rings. The quantitative estimate of drug-likeness (QED) is 0.491. The van der Waals surface area contributed by atoms with E-state index in [4.69, 9.17) is 16.3 Å². The summed E-state index contributed by atoms with van der Waals surface area (Å²) in [4.78, 5) is 10.5. The molecular weight excluding hydrogens is 252 g/mol. The maximum atomic E-state index is 11.7. The number of carbonyl (C=O) groups is 1. The lowest BCUT2D eigenvalue weighted by atomic mass is 9.94. The molecule has 3 nitrogen and oxygen atoms in total. The first-order chi connectivity index (χ1) is 8.50. The number of hydrogen-bond acceptors (Lipinski definition) is 3. The van der Waals surface area contributed by atoms with Gasteiger partial charge in [-0.15, -0.1) is 11.6 Å². The monoisotopic (exact) mass is 270 g/mol. The van der Waals surface area contributed by atoms with Gasteiger partial charge in [0.2, 0.25) is 0 Å². The predicted octanol–water partition coefficient (Wildman–Crippen LogP) is 2.84. The Morgan fingerprint density at radius 1 is 1.44 bits per heavy atom. The van der Waals surface area contributed by atoms with Crippen LogP contribution in [0.1, 0.15) is 32.3 Å². The second-order valence-electron chi connectivity index (χ2n) is 4.37. The number of ether oxygens (including phenoxy) is 1. The molecule has 1 aromatic carbocycles. The molecule has 1 aromatic rings. The smallest absolute Gasteiger partial charge is 0.337 e. The summed E-state index contributed by atoms with van der Waals surface area (Å²) >= 11 is 6.27. The van der Waals surface area contributed by atoms with E-state index in [1.54, 1.807) is 19.1 Å². The first kappa shape index (κ1) is 15.0. The van der Waals surface area contributed by atoms with Gasteiger partial charge in [-0.3, -0.25) is 0 Å². The minimum absolute atomic E-state index is 0.314. The van der Waals surface area contributed by atoms with E-state index < -0.39 is 16.9 Å². The average Bonchev–Trinajstić information content (AvgIpc) is 2.39. The lowest BCUT2D eigenvalue weighted by molar-refractivity contribution is -0.155. The van der Waals surface area contributed by atoms with Crippen LogP contribution >= 0.6 is 11.6 Å². The summed E-state index contributed by atoms with van der Waals surface area (Å²) in [6.07, 6.45) is 0.335. The Morgan fingerprint density at radius 3 is 2.61 bits per heavy atom. The molecular formula is C14H19ClO3. The van der Waals surface area contributed by atoms with Crippen LogP contribution in [0.4, 0.5) is 0 Å². The van der Waals surface area contributed by atoms with Gasteiger partial charge in [-0.1, -0.05) is 43.7 Å². The second-order valence-corrected chi connectivity index (χ2v) is 5.15. The molecule has 4 heteroatoms. The number of rotatable bonds is 6. The SMILES string of the molecule is CCCCOC(=O)[C@H](O)[C@](C)(Cl)c1ccccc1. The first-order valence-electron chi connectivity index (χ1n) is 6.09.